The molecule has 0 aliphatic heterocycles. The molecular weight excluding hydrogens is 238 g/mol. The molecule has 1 amide bonds. The van der Waals surface area contributed by atoms with Crippen molar-refractivity contribution in [3.05, 3.63) is 0 Å². The zero-order valence-electron chi connectivity index (χ0n) is 10.7. The van der Waals surface area contributed by atoms with Crippen LogP contribution in [0.25, 0.3) is 0 Å². The summed E-state index contributed by atoms with van der Waals surface area (Å²) in [6, 6.07) is 0. The number of carboxylic acid groups (broad SMARTS) is 1. The molecular formula is C12H21NO3S. The van der Waals surface area contributed by atoms with Crippen molar-refractivity contribution < 1.29 is 14.7 Å². The number of carbonyl (C=O) groups excluding carboxylic acids is 1. The SMILES string of the molecule is CCSC(C(=O)NCC1(C(=O)O)CC1)C(C)C. The first-order valence-electron chi connectivity index (χ1n) is 6.05. The maximum absolute atomic E-state index is 11.9. The van der Waals surface area contributed by atoms with Gasteiger partial charge in [0.2, 0.25) is 5.91 Å². The van der Waals surface area contributed by atoms with Crippen molar-refractivity contribution in [3.63, 3.8) is 0 Å². The normalized spacial score (nSPS) is 18.8. The number of hydrogen-bond acceptors (Lipinski definition) is 3. The van der Waals surface area contributed by atoms with Crippen molar-refractivity contribution in [1.29, 1.82) is 0 Å². The number of thioether (sulfide) groups is 1. The number of hydrogen-bond donors (Lipinski definition) is 2. The molecule has 17 heavy (non-hydrogen) atoms. The van der Waals surface area contributed by atoms with Crippen LogP contribution in [0.1, 0.15) is 33.6 Å². The van der Waals surface area contributed by atoms with Crippen LogP contribution in [0.3, 0.4) is 0 Å². The van der Waals surface area contributed by atoms with Crippen molar-refractivity contribution in [1.82, 2.24) is 5.32 Å². The first-order chi connectivity index (χ1) is 7.93. The van der Waals surface area contributed by atoms with E-state index in [-0.39, 0.29) is 23.6 Å². The maximum Gasteiger partial charge on any atom is 0.311 e. The predicted octanol–water partition coefficient (Wildman–Crippen LogP) is 1.75. The largest absolute Gasteiger partial charge is 0.481 e. The van der Waals surface area contributed by atoms with Gasteiger partial charge in [0.05, 0.1) is 10.7 Å². The summed E-state index contributed by atoms with van der Waals surface area (Å²) in [4.78, 5) is 22.9. The van der Waals surface area contributed by atoms with Gasteiger partial charge in [-0.05, 0) is 24.5 Å². The first kappa shape index (κ1) is 14.4. The molecule has 1 unspecified atom stereocenters. The molecule has 0 radical (unpaired) electrons. The van der Waals surface area contributed by atoms with E-state index in [0.29, 0.717) is 12.8 Å². The molecule has 0 saturated heterocycles. The van der Waals surface area contributed by atoms with E-state index in [1.54, 1.807) is 11.8 Å². The third-order valence-corrected chi connectivity index (χ3v) is 4.57. The molecule has 5 heteroatoms. The molecule has 4 nitrogen and oxygen atoms in total. The summed E-state index contributed by atoms with van der Waals surface area (Å²) in [6.07, 6.45) is 1.35. The molecule has 1 atom stereocenters. The van der Waals surface area contributed by atoms with Crippen molar-refractivity contribution in [2.24, 2.45) is 11.3 Å². The zero-order valence-corrected chi connectivity index (χ0v) is 11.5. The van der Waals surface area contributed by atoms with Gasteiger partial charge in [0.15, 0.2) is 0 Å². The fraction of sp³-hybridized carbons (Fsp3) is 0.833. The van der Waals surface area contributed by atoms with Crippen LogP contribution >= 0.6 is 11.8 Å². The van der Waals surface area contributed by atoms with Gasteiger partial charge < -0.3 is 10.4 Å². The number of carbonyl (C=O) groups is 2. The molecule has 0 spiro atoms. The Kier molecular flexibility index (Phi) is 4.86. The molecule has 1 aliphatic rings. The molecule has 2 N–H and O–H groups in total. The van der Waals surface area contributed by atoms with Crippen molar-refractivity contribution in [2.45, 2.75) is 38.9 Å². The van der Waals surface area contributed by atoms with Crippen LogP contribution in [0.15, 0.2) is 0 Å². The minimum Gasteiger partial charge on any atom is -0.481 e. The van der Waals surface area contributed by atoms with Crippen molar-refractivity contribution in [3.8, 4) is 0 Å². The van der Waals surface area contributed by atoms with Gasteiger partial charge in [0.25, 0.3) is 0 Å². The Bertz CT molecular complexity index is 300. The van der Waals surface area contributed by atoms with E-state index in [9.17, 15) is 9.59 Å². The summed E-state index contributed by atoms with van der Waals surface area (Å²) in [5, 5.41) is 11.7. The highest BCUT2D eigenvalue weighted by Crippen LogP contribution is 2.45. The van der Waals surface area contributed by atoms with E-state index in [2.05, 4.69) is 5.32 Å². The summed E-state index contributed by atoms with van der Waals surface area (Å²) in [7, 11) is 0. The van der Waals surface area contributed by atoms with E-state index in [1.165, 1.54) is 0 Å². The number of aliphatic carboxylic acids is 1. The van der Waals surface area contributed by atoms with Gasteiger partial charge in [-0.1, -0.05) is 20.8 Å². The third-order valence-electron chi connectivity index (χ3n) is 3.12. The molecule has 0 aromatic rings. The Morgan fingerprint density at radius 1 is 1.41 bits per heavy atom. The summed E-state index contributed by atoms with van der Waals surface area (Å²) in [5.41, 5.74) is -0.673. The third kappa shape index (κ3) is 3.63. The predicted molar refractivity (Wildman–Crippen MR) is 69.1 cm³/mol. The van der Waals surface area contributed by atoms with Crippen molar-refractivity contribution >= 4 is 23.6 Å². The van der Waals surface area contributed by atoms with E-state index < -0.39 is 11.4 Å². The van der Waals surface area contributed by atoms with Gasteiger partial charge in [-0.3, -0.25) is 9.59 Å². The second-order valence-corrected chi connectivity index (χ2v) is 6.34. The lowest BCUT2D eigenvalue weighted by atomic mass is 10.1. The monoisotopic (exact) mass is 259 g/mol. The lowest BCUT2D eigenvalue weighted by molar-refractivity contribution is -0.143. The van der Waals surface area contributed by atoms with Crippen LogP contribution in [0, 0.1) is 11.3 Å². The molecule has 1 fully saturated rings. The first-order valence-corrected chi connectivity index (χ1v) is 7.10. The highest BCUT2D eigenvalue weighted by atomic mass is 32.2. The van der Waals surface area contributed by atoms with Crippen LogP contribution in [0.4, 0.5) is 0 Å². The van der Waals surface area contributed by atoms with E-state index in [0.717, 1.165) is 5.75 Å². The van der Waals surface area contributed by atoms with Gasteiger partial charge in [-0.2, -0.15) is 0 Å². The Morgan fingerprint density at radius 2 is 2.00 bits per heavy atom. The van der Waals surface area contributed by atoms with Gasteiger partial charge in [0.1, 0.15) is 0 Å². The van der Waals surface area contributed by atoms with Gasteiger partial charge in [-0.25, -0.2) is 0 Å². The number of carboxylic acids is 1. The fourth-order valence-corrected chi connectivity index (χ4v) is 2.70. The second-order valence-electron chi connectivity index (χ2n) is 4.92. The molecule has 98 valence electrons. The Labute approximate surface area is 107 Å². The number of nitrogens with one attached hydrogen (secondary N) is 1. The Balaban J connectivity index is 2.45. The van der Waals surface area contributed by atoms with Crippen LogP contribution in [-0.4, -0.2) is 34.5 Å². The Morgan fingerprint density at radius 3 is 2.35 bits per heavy atom. The highest BCUT2D eigenvalue weighted by molar-refractivity contribution is 8.00. The van der Waals surface area contributed by atoms with Gasteiger partial charge >= 0.3 is 5.97 Å². The van der Waals surface area contributed by atoms with Gasteiger partial charge in [-0.15, -0.1) is 11.8 Å². The smallest absolute Gasteiger partial charge is 0.311 e. The average Bonchev–Trinajstić information content (AvgIpc) is 3.03. The fourth-order valence-electron chi connectivity index (χ4n) is 1.72. The highest BCUT2D eigenvalue weighted by Gasteiger charge is 2.50. The molecule has 0 bridgehead atoms. The minimum atomic E-state index is -0.790. The van der Waals surface area contributed by atoms with Crippen LogP contribution in [0.5, 0.6) is 0 Å². The van der Waals surface area contributed by atoms with E-state index in [1.807, 2.05) is 20.8 Å². The topological polar surface area (TPSA) is 66.4 Å². The minimum absolute atomic E-state index is 0.0284. The summed E-state index contributed by atoms with van der Waals surface area (Å²) in [5.74, 6) is 0.335. The summed E-state index contributed by atoms with van der Waals surface area (Å²) < 4.78 is 0. The Hall–Kier alpha value is -0.710. The molecule has 0 heterocycles. The maximum atomic E-state index is 11.9. The number of rotatable bonds is 7. The number of amides is 1. The van der Waals surface area contributed by atoms with Crippen LogP contribution in [0.2, 0.25) is 0 Å². The molecule has 1 aliphatic carbocycles. The van der Waals surface area contributed by atoms with E-state index >= 15 is 0 Å². The summed E-state index contributed by atoms with van der Waals surface area (Å²) in [6.45, 7) is 6.32. The molecule has 0 aromatic carbocycles. The van der Waals surface area contributed by atoms with E-state index in [4.69, 9.17) is 5.11 Å². The van der Waals surface area contributed by atoms with Crippen molar-refractivity contribution in [2.75, 3.05) is 12.3 Å². The zero-order chi connectivity index (χ0) is 13.1. The van der Waals surface area contributed by atoms with Crippen LogP contribution in [-0.2, 0) is 9.59 Å². The molecule has 1 saturated carbocycles. The lowest BCUT2D eigenvalue weighted by Crippen LogP contribution is -2.40. The molecule has 0 aromatic heterocycles. The lowest BCUT2D eigenvalue weighted by Gasteiger charge is -2.20. The average molecular weight is 259 g/mol. The van der Waals surface area contributed by atoms with Crippen LogP contribution < -0.4 is 5.32 Å². The molecule has 1 rings (SSSR count). The standard InChI is InChI=1S/C12H21NO3S/c1-4-17-9(8(2)3)10(14)13-7-12(5-6-12)11(15)16/h8-9H,4-7H2,1-3H3,(H,13,14)(H,15,16). The van der Waals surface area contributed by atoms with Gasteiger partial charge in [0, 0.05) is 6.54 Å². The second kappa shape index (κ2) is 5.76. The quantitative estimate of drug-likeness (QED) is 0.731. The summed E-state index contributed by atoms with van der Waals surface area (Å²) >= 11 is 1.61.